The van der Waals surface area contributed by atoms with Crippen LogP contribution in [-0.4, -0.2) is 17.4 Å². The maximum atomic E-state index is 11.9. The number of anilines is 2. The number of benzene rings is 2. The van der Waals surface area contributed by atoms with Crippen LogP contribution in [0.2, 0.25) is 5.02 Å². The molecule has 3 N–H and O–H groups in total. The molecule has 2 aromatic carbocycles. The third-order valence-corrected chi connectivity index (χ3v) is 5.60. The van der Waals surface area contributed by atoms with Gasteiger partial charge in [0.2, 0.25) is 0 Å². The SMILES string of the molecule is O=C(NCc1ccc(-c2ccc3c(c2Cl)NNN3CC2CC2)cc1)c1ncco1. The first kappa shape index (κ1) is 18.0. The lowest BCUT2D eigenvalue weighted by Gasteiger charge is -2.17. The van der Waals surface area contributed by atoms with E-state index in [-0.39, 0.29) is 11.8 Å². The van der Waals surface area contributed by atoms with Crippen molar-refractivity contribution < 1.29 is 9.21 Å². The van der Waals surface area contributed by atoms with Gasteiger partial charge in [0.1, 0.15) is 6.26 Å². The Morgan fingerprint density at radius 2 is 2.07 bits per heavy atom. The van der Waals surface area contributed by atoms with Gasteiger partial charge in [0.05, 0.1) is 22.6 Å². The van der Waals surface area contributed by atoms with Crippen molar-refractivity contribution in [1.29, 1.82) is 0 Å². The van der Waals surface area contributed by atoms with Gasteiger partial charge in [0.25, 0.3) is 5.89 Å². The first-order valence-electron chi connectivity index (χ1n) is 9.58. The van der Waals surface area contributed by atoms with Crippen LogP contribution in [0.4, 0.5) is 11.4 Å². The van der Waals surface area contributed by atoms with Crippen LogP contribution in [0.5, 0.6) is 0 Å². The number of nitrogens with one attached hydrogen (secondary N) is 3. The summed E-state index contributed by atoms with van der Waals surface area (Å²) in [5.74, 6) is 0.490. The standard InChI is InChI=1S/C21H20ClN5O2/c22-18-16(7-8-17-19(18)25-26-27(17)12-14-1-2-14)15-5-3-13(4-6-15)11-24-20(28)21-23-9-10-29-21/h3-10,14,25-26H,1-2,11-12H2,(H,24,28). The van der Waals surface area contributed by atoms with Gasteiger partial charge in [-0.15, -0.1) is 5.53 Å². The molecule has 29 heavy (non-hydrogen) atoms. The lowest BCUT2D eigenvalue weighted by molar-refractivity contribution is 0.0916. The van der Waals surface area contributed by atoms with E-state index >= 15 is 0 Å². The van der Waals surface area contributed by atoms with Gasteiger partial charge < -0.3 is 15.2 Å². The van der Waals surface area contributed by atoms with Gasteiger partial charge in [-0.3, -0.25) is 9.80 Å². The van der Waals surface area contributed by atoms with Crippen LogP contribution in [0.15, 0.2) is 53.3 Å². The third-order valence-electron chi connectivity index (χ3n) is 5.21. The number of carbonyl (C=O) groups is 1. The molecule has 1 aromatic heterocycles. The van der Waals surface area contributed by atoms with E-state index in [1.807, 2.05) is 24.3 Å². The van der Waals surface area contributed by atoms with Crippen LogP contribution in [0.3, 0.4) is 0 Å². The molecule has 0 radical (unpaired) electrons. The summed E-state index contributed by atoms with van der Waals surface area (Å²) in [6, 6.07) is 12.1. The van der Waals surface area contributed by atoms with Gasteiger partial charge in [0, 0.05) is 18.7 Å². The van der Waals surface area contributed by atoms with Gasteiger partial charge in [-0.1, -0.05) is 41.9 Å². The highest BCUT2D eigenvalue weighted by molar-refractivity contribution is 6.37. The molecule has 8 heteroatoms. The van der Waals surface area contributed by atoms with Crippen molar-refractivity contribution in [3.05, 3.63) is 65.3 Å². The van der Waals surface area contributed by atoms with Crippen molar-refractivity contribution in [1.82, 2.24) is 15.8 Å². The van der Waals surface area contributed by atoms with Crippen LogP contribution >= 0.6 is 11.6 Å². The number of halogens is 1. The summed E-state index contributed by atoms with van der Waals surface area (Å²) >= 11 is 6.70. The molecule has 2 aliphatic rings. The minimum atomic E-state index is -0.338. The summed E-state index contributed by atoms with van der Waals surface area (Å²) in [6.45, 7) is 1.38. The monoisotopic (exact) mass is 409 g/mol. The number of hydrazine groups is 2. The number of hydrogen-bond donors (Lipinski definition) is 3. The quantitative estimate of drug-likeness (QED) is 0.571. The van der Waals surface area contributed by atoms with E-state index in [0.717, 1.165) is 40.5 Å². The number of fused-ring (bicyclic) bond motifs is 1. The zero-order valence-electron chi connectivity index (χ0n) is 15.6. The van der Waals surface area contributed by atoms with Crippen molar-refractivity contribution in [2.45, 2.75) is 19.4 Å². The van der Waals surface area contributed by atoms with Crippen LogP contribution in [0.1, 0.15) is 29.1 Å². The van der Waals surface area contributed by atoms with E-state index in [2.05, 4.69) is 38.4 Å². The Bertz CT molecular complexity index is 1030. The summed E-state index contributed by atoms with van der Waals surface area (Å²) in [4.78, 5) is 15.8. The molecule has 1 fully saturated rings. The molecule has 0 saturated heterocycles. The summed E-state index contributed by atoms with van der Waals surface area (Å²) < 4.78 is 4.99. The number of hydrogen-bond acceptors (Lipinski definition) is 6. The van der Waals surface area contributed by atoms with Crippen molar-refractivity contribution >= 4 is 28.9 Å². The van der Waals surface area contributed by atoms with Crippen LogP contribution in [0.25, 0.3) is 11.1 Å². The fourth-order valence-electron chi connectivity index (χ4n) is 3.41. The number of carbonyl (C=O) groups excluding carboxylic acids is 1. The van der Waals surface area contributed by atoms with Crippen molar-refractivity contribution in [2.75, 3.05) is 17.0 Å². The normalized spacial score (nSPS) is 15.1. The van der Waals surface area contributed by atoms with E-state index < -0.39 is 0 Å². The molecule has 0 spiro atoms. The molecule has 7 nitrogen and oxygen atoms in total. The van der Waals surface area contributed by atoms with E-state index in [0.29, 0.717) is 11.6 Å². The molecule has 1 amide bonds. The number of rotatable bonds is 6. The molecule has 1 saturated carbocycles. The lowest BCUT2D eigenvalue weighted by atomic mass is 10.0. The molecule has 0 unspecified atom stereocenters. The second-order valence-corrected chi connectivity index (χ2v) is 7.71. The maximum Gasteiger partial charge on any atom is 0.307 e. The summed E-state index contributed by atoms with van der Waals surface area (Å²) in [5.41, 5.74) is 11.3. The molecule has 1 aliphatic heterocycles. The second kappa shape index (κ2) is 7.42. The minimum absolute atomic E-state index is 0.0587. The molecular formula is C21H20ClN5O2. The summed E-state index contributed by atoms with van der Waals surface area (Å²) in [5, 5.41) is 5.61. The number of amides is 1. The second-order valence-electron chi connectivity index (χ2n) is 7.33. The number of nitrogens with zero attached hydrogens (tertiary/aromatic N) is 2. The largest absolute Gasteiger partial charge is 0.441 e. The molecule has 1 aliphatic carbocycles. The van der Waals surface area contributed by atoms with Crippen molar-refractivity contribution in [2.24, 2.45) is 5.92 Å². The molecule has 5 rings (SSSR count). The molecule has 0 atom stereocenters. The molecule has 148 valence electrons. The smallest absolute Gasteiger partial charge is 0.307 e. The lowest BCUT2D eigenvalue weighted by Crippen LogP contribution is -2.37. The Hall–Kier alpha value is -3.03. The Balaban J connectivity index is 1.29. The summed E-state index contributed by atoms with van der Waals surface area (Å²) in [7, 11) is 0. The first-order chi connectivity index (χ1) is 14.2. The number of oxazole rings is 1. The van der Waals surface area contributed by atoms with Gasteiger partial charge in [0.15, 0.2) is 0 Å². The van der Waals surface area contributed by atoms with Crippen LogP contribution in [0, 0.1) is 5.92 Å². The van der Waals surface area contributed by atoms with Crippen molar-refractivity contribution in [3.8, 4) is 11.1 Å². The van der Waals surface area contributed by atoms with E-state index in [4.69, 9.17) is 16.0 Å². The first-order valence-corrected chi connectivity index (χ1v) is 9.95. The zero-order valence-corrected chi connectivity index (χ0v) is 16.4. The van der Waals surface area contributed by atoms with E-state index in [1.165, 1.54) is 25.3 Å². The molecule has 2 heterocycles. The fourth-order valence-corrected chi connectivity index (χ4v) is 3.73. The Morgan fingerprint density at radius 3 is 2.79 bits per heavy atom. The average Bonchev–Trinajstić information content (AvgIpc) is 3.22. The highest BCUT2D eigenvalue weighted by Gasteiger charge is 2.29. The van der Waals surface area contributed by atoms with Crippen LogP contribution < -0.4 is 21.3 Å². The minimum Gasteiger partial charge on any atom is -0.441 e. The molecule has 0 bridgehead atoms. The highest BCUT2D eigenvalue weighted by Crippen LogP contribution is 2.43. The Morgan fingerprint density at radius 1 is 1.24 bits per heavy atom. The van der Waals surface area contributed by atoms with E-state index in [9.17, 15) is 4.79 Å². The Labute approximate surface area is 173 Å². The fraction of sp³-hybridized carbons (Fsp3) is 0.238. The highest BCUT2D eigenvalue weighted by atomic mass is 35.5. The molecule has 3 aromatic rings. The van der Waals surface area contributed by atoms with Gasteiger partial charge in [-0.05, 0) is 36.0 Å². The zero-order chi connectivity index (χ0) is 19.8. The topological polar surface area (TPSA) is 82.4 Å². The maximum absolute atomic E-state index is 11.9. The molecular weight excluding hydrogens is 390 g/mol. The predicted octanol–water partition coefficient (Wildman–Crippen LogP) is 3.99. The van der Waals surface area contributed by atoms with Gasteiger partial charge in [-0.25, -0.2) is 4.98 Å². The average molecular weight is 410 g/mol. The predicted molar refractivity (Wildman–Crippen MR) is 111 cm³/mol. The Kier molecular flexibility index (Phi) is 4.61. The number of aromatic nitrogens is 1. The van der Waals surface area contributed by atoms with Gasteiger partial charge in [-0.2, -0.15) is 0 Å². The summed E-state index contributed by atoms with van der Waals surface area (Å²) in [6.07, 6.45) is 5.41. The van der Waals surface area contributed by atoms with Gasteiger partial charge >= 0.3 is 5.91 Å². The third kappa shape index (κ3) is 3.66. The van der Waals surface area contributed by atoms with Crippen molar-refractivity contribution in [3.63, 3.8) is 0 Å². The van der Waals surface area contributed by atoms with E-state index in [1.54, 1.807) is 0 Å². The van der Waals surface area contributed by atoms with Crippen LogP contribution in [-0.2, 0) is 6.54 Å².